The lowest BCUT2D eigenvalue weighted by Crippen LogP contribution is -2.10. The van der Waals surface area contributed by atoms with Gasteiger partial charge in [0, 0.05) is 6.07 Å². The molecule has 0 saturated heterocycles. The number of aromatic nitrogens is 3. The first kappa shape index (κ1) is 12.2. The topological polar surface area (TPSA) is 96.2 Å². The highest BCUT2D eigenvalue weighted by atomic mass is 16.5. The third-order valence-corrected chi connectivity index (χ3v) is 2.48. The maximum atomic E-state index is 11.6. The summed E-state index contributed by atoms with van der Waals surface area (Å²) in [5, 5.41) is 3.79. The molecule has 0 radical (unpaired) electrons. The van der Waals surface area contributed by atoms with Gasteiger partial charge in [-0.05, 0) is 13.8 Å². The molecule has 0 fully saturated rings. The Morgan fingerprint density at radius 3 is 3.00 bits per heavy atom. The Kier molecular flexibility index (Phi) is 3.31. The third-order valence-electron chi connectivity index (χ3n) is 2.48. The van der Waals surface area contributed by atoms with E-state index in [2.05, 4.69) is 10.1 Å². The molecule has 0 amide bonds. The number of rotatable bonds is 4. The highest BCUT2D eigenvalue weighted by molar-refractivity contribution is 5.92. The van der Waals surface area contributed by atoms with Crippen molar-refractivity contribution >= 4 is 11.8 Å². The fourth-order valence-corrected chi connectivity index (χ4v) is 1.61. The van der Waals surface area contributed by atoms with Crippen molar-refractivity contribution in [3.8, 4) is 0 Å². The van der Waals surface area contributed by atoms with Crippen LogP contribution < -0.4 is 5.73 Å². The monoisotopic (exact) mass is 250 g/mol. The first-order valence-electron chi connectivity index (χ1n) is 5.52. The molecule has 2 rings (SSSR count). The molecule has 0 saturated carbocycles. The molecule has 0 spiro atoms. The van der Waals surface area contributed by atoms with E-state index in [0.29, 0.717) is 18.1 Å². The molecule has 0 aliphatic heterocycles. The smallest absolute Gasteiger partial charge is 0.360 e. The van der Waals surface area contributed by atoms with E-state index >= 15 is 0 Å². The standard InChI is InChI=1S/C11H14N4O3/c1-3-17-11(16)9-10(12)15(7(2)13-9)6-8-4-5-18-14-8/h4-5H,3,6,12H2,1-2H3. The van der Waals surface area contributed by atoms with Gasteiger partial charge in [0.15, 0.2) is 5.69 Å². The molecule has 18 heavy (non-hydrogen) atoms. The first-order chi connectivity index (χ1) is 8.63. The molecule has 2 N–H and O–H groups in total. The molecule has 0 unspecified atom stereocenters. The summed E-state index contributed by atoms with van der Waals surface area (Å²) in [6.07, 6.45) is 1.48. The minimum Gasteiger partial charge on any atom is -0.461 e. The summed E-state index contributed by atoms with van der Waals surface area (Å²) in [5.74, 6) is 0.379. The van der Waals surface area contributed by atoms with E-state index in [1.807, 2.05) is 0 Å². The summed E-state index contributed by atoms with van der Waals surface area (Å²) in [6, 6.07) is 1.73. The number of anilines is 1. The second-order valence-electron chi connectivity index (χ2n) is 3.69. The molecule has 0 atom stereocenters. The Bertz CT molecular complexity index is 545. The molecule has 7 nitrogen and oxygen atoms in total. The maximum Gasteiger partial charge on any atom is 0.360 e. The summed E-state index contributed by atoms with van der Waals surface area (Å²) in [7, 11) is 0. The molecule has 0 aromatic carbocycles. The zero-order chi connectivity index (χ0) is 13.1. The number of hydrogen-bond donors (Lipinski definition) is 1. The van der Waals surface area contributed by atoms with Crippen molar-refractivity contribution in [2.24, 2.45) is 0 Å². The minimum atomic E-state index is -0.517. The van der Waals surface area contributed by atoms with Gasteiger partial charge in [0.25, 0.3) is 0 Å². The van der Waals surface area contributed by atoms with Gasteiger partial charge in [0.1, 0.15) is 23.6 Å². The van der Waals surface area contributed by atoms with Crippen LogP contribution >= 0.6 is 0 Å². The van der Waals surface area contributed by atoms with Crippen molar-refractivity contribution in [3.63, 3.8) is 0 Å². The molecular formula is C11H14N4O3. The number of aryl methyl sites for hydroxylation is 1. The highest BCUT2D eigenvalue weighted by Crippen LogP contribution is 2.16. The molecule has 96 valence electrons. The SMILES string of the molecule is CCOC(=O)c1nc(C)n(Cc2ccon2)c1N. The van der Waals surface area contributed by atoms with E-state index in [9.17, 15) is 4.79 Å². The van der Waals surface area contributed by atoms with Gasteiger partial charge in [-0.15, -0.1) is 0 Å². The number of nitrogens with two attached hydrogens (primary N) is 1. The summed E-state index contributed by atoms with van der Waals surface area (Å²) < 4.78 is 11.3. The molecular weight excluding hydrogens is 236 g/mol. The minimum absolute atomic E-state index is 0.137. The van der Waals surface area contributed by atoms with Crippen LogP contribution in [0.5, 0.6) is 0 Å². The molecule has 0 aliphatic carbocycles. The van der Waals surface area contributed by atoms with Gasteiger partial charge in [0.05, 0.1) is 13.2 Å². The molecule has 7 heteroatoms. The Labute approximate surface area is 104 Å². The largest absolute Gasteiger partial charge is 0.461 e. The fraction of sp³-hybridized carbons (Fsp3) is 0.364. The zero-order valence-corrected chi connectivity index (χ0v) is 10.2. The Morgan fingerprint density at radius 2 is 2.39 bits per heavy atom. The van der Waals surface area contributed by atoms with Gasteiger partial charge in [0.2, 0.25) is 0 Å². The second kappa shape index (κ2) is 4.91. The van der Waals surface area contributed by atoms with Gasteiger partial charge in [-0.25, -0.2) is 9.78 Å². The average molecular weight is 250 g/mol. The van der Waals surface area contributed by atoms with Crippen LogP contribution in [0.3, 0.4) is 0 Å². The average Bonchev–Trinajstić information content (AvgIpc) is 2.93. The van der Waals surface area contributed by atoms with Crippen LogP contribution in [0.25, 0.3) is 0 Å². The number of carbonyl (C=O) groups is 1. The van der Waals surface area contributed by atoms with Crippen LogP contribution in [0.2, 0.25) is 0 Å². The predicted molar refractivity (Wildman–Crippen MR) is 62.9 cm³/mol. The lowest BCUT2D eigenvalue weighted by atomic mass is 10.4. The van der Waals surface area contributed by atoms with Gasteiger partial charge in [-0.1, -0.05) is 5.16 Å². The summed E-state index contributed by atoms with van der Waals surface area (Å²) >= 11 is 0. The van der Waals surface area contributed by atoms with E-state index in [4.69, 9.17) is 15.0 Å². The van der Waals surface area contributed by atoms with Gasteiger partial charge in [-0.3, -0.25) is 0 Å². The lowest BCUT2D eigenvalue weighted by molar-refractivity contribution is 0.0521. The van der Waals surface area contributed by atoms with E-state index in [1.54, 1.807) is 24.5 Å². The number of nitrogens with zero attached hydrogens (tertiary/aromatic N) is 3. The summed E-state index contributed by atoms with van der Waals surface area (Å²) in [6.45, 7) is 4.18. The van der Waals surface area contributed by atoms with Crippen molar-refractivity contribution in [2.45, 2.75) is 20.4 Å². The fourth-order valence-electron chi connectivity index (χ4n) is 1.61. The van der Waals surface area contributed by atoms with Crippen LogP contribution in [-0.2, 0) is 11.3 Å². The lowest BCUT2D eigenvalue weighted by Gasteiger charge is -2.04. The van der Waals surface area contributed by atoms with Gasteiger partial charge < -0.3 is 19.6 Å². The number of imidazole rings is 1. The maximum absolute atomic E-state index is 11.6. The highest BCUT2D eigenvalue weighted by Gasteiger charge is 2.20. The van der Waals surface area contributed by atoms with Gasteiger partial charge >= 0.3 is 5.97 Å². The van der Waals surface area contributed by atoms with E-state index < -0.39 is 5.97 Å². The predicted octanol–water partition coefficient (Wildman–Crippen LogP) is 0.987. The van der Waals surface area contributed by atoms with Gasteiger partial charge in [-0.2, -0.15) is 0 Å². The Hall–Kier alpha value is -2.31. The van der Waals surface area contributed by atoms with Crippen molar-refractivity contribution in [3.05, 3.63) is 29.5 Å². The number of ether oxygens (including phenoxy) is 1. The normalized spacial score (nSPS) is 10.6. The van der Waals surface area contributed by atoms with Crippen LogP contribution in [-0.4, -0.2) is 27.3 Å². The van der Waals surface area contributed by atoms with E-state index in [-0.39, 0.29) is 18.1 Å². The number of hydrogen-bond acceptors (Lipinski definition) is 6. The van der Waals surface area contributed by atoms with Crippen molar-refractivity contribution < 1.29 is 14.1 Å². The summed E-state index contributed by atoms with van der Waals surface area (Å²) in [4.78, 5) is 15.7. The molecule has 2 heterocycles. The number of esters is 1. The Balaban J connectivity index is 2.29. The molecule has 0 aliphatic rings. The van der Waals surface area contributed by atoms with Crippen LogP contribution in [0.15, 0.2) is 16.9 Å². The van der Waals surface area contributed by atoms with Crippen molar-refractivity contribution in [1.29, 1.82) is 0 Å². The van der Waals surface area contributed by atoms with Crippen LogP contribution in [0, 0.1) is 6.92 Å². The third kappa shape index (κ3) is 2.20. The van der Waals surface area contributed by atoms with Crippen LogP contribution in [0.1, 0.15) is 28.9 Å². The second-order valence-corrected chi connectivity index (χ2v) is 3.69. The molecule has 2 aromatic rings. The van der Waals surface area contributed by atoms with E-state index in [1.165, 1.54) is 6.26 Å². The van der Waals surface area contributed by atoms with E-state index in [0.717, 1.165) is 0 Å². The first-order valence-corrected chi connectivity index (χ1v) is 5.52. The van der Waals surface area contributed by atoms with Crippen molar-refractivity contribution in [2.75, 3.05) is 12.3 Å². The number of carbonyl (C=O) groups excluding carboxylic acids is 1. The Morgan fingerprint density at radius 1 is 1.61 bits per heavy atom. The van der Waals surface area contributed by atoms with Crippen molar-refractivity contribution in [1.82, 2.24) is 14.7 Å². The molecule has 0 bridgehead atoms. The van der Waals surface area contributed by atoms with Crippen LogP contribution in [0.4, 0.5) is 5.82 Å². The molecule has 2 aromatic heterocycles. The summed E-state index contributed by atoms with van der Waals surface area (Å²) in [5.41, 5.74) is 6.74. The quantitative estimate of drug-likeness (QED) is 0.813. The zero-order valence-electron chi connectivity index (χ0n) is 10.2. The number of nitrogen functional groups attached to an aromatic ring is 1.